The summed E-state index contributed by atoms with van der Waals surface area (Å²) in [7, 11) is -3.23. The summed E-state index contributed by atoms with van der Waals surface area (Å²) in [4.78, 5) is 0.199. The Hall–Kier alpha value is -0.550. The summed E-state index contributed by atoms with van der Waals surface area (Å²) in [6.07, 6.45) is 2.56. The first kappa shape index (κ1) is 12.5. The first-order valence-corrected chi connectivity index (χ1v) is 7.58. The van der Waals surface area contributed by atoms with Gasteiger partial charge in [-0.1, -0.05) is 0 Å². The molecule has 1 rings (SSSR count). The smallest absolute Gasteiger partial charge is 0.178 e. The average Bonchev–Trinajstić information content (AvgIpc) is 2.18. The summed E-state index contributed by atoms with van der Waals surface area (Å²) in [5, 5.41) is 0. The maximum absolute atomic E-state index is 12.6. The molecule has 0 heterocycles. The van der Waals surface area contributed by atoms with E-state index in [4.69, 9.17) is 0 Å². The Morgan fingerprint density at radius 1 is 1.27 bits per heavy atom. The van der Waals surface area contributed by atoms with Crippen LogP contribution < -0.4 is 0 Å². The summed E-state index contributed by atoms with van der Waals surface area (Å²) < 4.78 is 36.0. The third-order valence-electron chi connectivity index (χ3n) is 1.93. The maximum atomic E-state index is 12.6. The Morgan fingerprint density at radius 3 is 2.40 bits per heavy atom. The highest BCUT2D eigenvalue weighted by atomic mass is 32.2. The topological polar surface area (TPSA) is 34.1 Å². The fraction of sp³-hybridized carbons (Fsp3) is 0.400. The maximum Gasteiger partial charge on any atom is 0.178 e. The first-order chi connectivity index (χ1) is 7.06. The van der Waals surface area contributed by atoms with E-state index in [1.165, 1.54) is 24.3 Å². The molecule has 84 valence electrons. The first-order valence-electron chi connectivity index (χ1n) is 4.53. The number of thioether (sulfide) groups is 1. The fourth-order valence-electron chi connectivity index (χ4n) is 1.15. The zero-order chi connectivity index (χ0) is 11.3. The molecule has 0 aliphatic heterocycles. The fourth-order valence-corrected chi connectivity index (χ4v) is 3.08. The Bertz CT molecular complexity index is 398. The lowest BCUT2D eigenvalue weighted by Crippen LogP contribution is -2.07. The largest absolute Gasteiger partial charge is 0.224 e. The molecule has 0 aliphatic rings. The van der Waals surface area contributed by atoms with Crippen LogP contribution in [-0.2, 0) is 9.84 Å². The molecule has 0 bridgehead atoms. The van der Waals surface area contributed by atoms with Crippen LogP contribution in [0.25, 0.3) is 0 Å². The summed E-state index contributed by atoms with van der Waals surface area (Å²) in [5.74, 6) is 0.526. The van der Waals surface area contributed by atoms with Crippen molar-refractivity contribution in [3.63, 3.8) is 0 Å². The molecule has 0 aliphatic carbocycles. The van der Waals surface area contributed by atoms with Gasteiger partial charge in [-0.25, -0.2) is 12.8 Å². The van der Waals surface area contributed by atoms with Gasteiger partial charge in [0.05, 0.1) is 10.6 Å². The summed E-state index contributed by atoms with van der Waals surface area (Å²) in [6.45, 7) is 0. The molecule has 0 amide bonds. The monoisotopic (exact) mass is 248 g/mol. The Morgan fingerprint density at radius 2 is 1.87 bits per heavy atom. The van der Waals surface area contributed by atoms with E-state index in [0.29, 0.717) is 6.42 Å². The molecule has 15 heavy (non-hydrogen) atoms. The van der Waals surface area contributed by atoms with Gasteiger partial charge in [-0.2, -0.15) is 11.8 Å². The molecule has 1 aromatic carbocycles. The second-order valence-electron chi connectivity index (χ2n) is 3.12. The van der Waals surface area contributed by atoms with Crippen molar-refractivity contribution >= 4 is 21.6 Å². The Kier molecular flexibility index (Phi) is 4.60. The summed E-state index contributed by atoms with van der Waals surface area (Å²) >= 11 is 1.62. The number of hydrogen-bond acceptors (Lipinski definition) is 3. The SMILES string of the molecule is CSCCCS(=O)(=O)c1ccc(F)cc1. The number of halogens is 1. The molecule has 5 heteroatoms. The molecule has 0 fully saturated rings. The third kappa shape index (κ3) is 3.83. The van der Waals surface area contributed by atoms with Gasteiger partial charge in [-0.05, 0) is 42.7 Å². The standard InChI is InChI=1S/C10H13FO2S2/c1-14-7-2-8-15(12,13)10-5-3-9(11)4-6-10/h3-6H,2,7-8H2,1H3. The van der Waals surface area contributed by atoms with Crippen molar-refractivity contribution in [3.8, 4) is 0 Å². The Labute approximate surface area is 93.8 Å². The van der Waals surface area contributed by atoms with E-state index >= 15 is 0 Å². The van der Waals surface area contributed by atoms with Crippen molar-refractivity contribution in [3.05, 3.63) is 30.1 Å². The van der Waals surface area contributed by atoms with Gasteiger partial charge in [0.1, 0.15) is 5.82 Å². The molecule has 1 aromatic rings. The van der Waals surface area contributed by atoms with E-state index in [2.05, 4.69) is 0 Å². The summed E-state index contributed by atoms with van der Waals surface area (Å²) in [6, 6.07) is 4.95. The molecular formula is C10H13FO2S2. The molecular weight excluding hydrogens is 235 g/mol. The highest BCUT2D eigenvalue weighted by molar-refractivity contribution is 7.98. The molecule has 0 radical (unpaired) electrons. The van der Waals surface area contributed by atoms with E-state index in [1.54, 1.807) is 11.8 Å². The second kappa shape index (κ2) is 5.51. The minimum absolute atomic E-state index is 0.124. The molecule has 0 atom stereocenters. The van der Waals surface area contributed by atoms with Crippen LogP contribution in [0.4, 0.5) is 4.39 Å². The molecule has 2 nitrogen and oxygen atoms in total. The van der Waals surface area contributed by atoms with Crippen LogP contribution in [0, 0.1) is 5.82 Å². The Balaban J connectivity index is 2.73. The highest BCUT2D eigenvalue weighted by Gasteiger charge is 2.13. The number of sulfone groups is 1. The van der Waals surface area contributed by atoms with Crippen LogP contribution in [0.2, 0.25) is 0 Å². The normalized spacial score (nSPS) is 11.6. The van der Waals surface area contributed by atoms with Gasteiger partial charge in [0.25, 0.3) is 0 Å². The quantitative estimate of drug-likeness (QED) is 0.592. The lowest BCUT2D eigenvalue weighted by Gasteiger charge is -2.03. The molecule has 0 saturated heterocycles. The number of rotatable bonds is 5. The molecule has 0 spiro atoms. The van der Waals surface area contributed by atoms with Gasteiger partial charge in [-0.15, -0.1) is 0 Å². The van der Waals surface area contributed by atoms with Crippen LogP contribution in [0.15, 0.2) is 29.2 Å². The molecule has 0 aromatic heterocycles. The van der Waals surface area contributed by atoms with Crippen molar-refractivity contribution in [1.82, 2.24) is 0 Å². The molecule has 0 N–H and O–H groups in total. The van der Waals surface area contributed by atoms with E-state index < -0.39 is 15.7 Å². The van der Waals surface area contributed by atoms with Crippen LogP contribution in [0.3, 0.4) is 0 Å². The average molecular weight is 248 g/mol. The molecule has 0 saturated carbocycles. The van der Waals surface area contributed by atoms with E-state index in [1.807, 2.05) is 6.26 Å². The van der Waals surface area contributed by atoms with Crippen molar-refractivity contribution in [2.75, 3.05) is 17.8 Å². The van der Waals surface area contributed by atoms with Gasteiger partial charge < -0.3 is 0 Å². The van der Waals surface area contributed by atoms with Crippen LogP contribution in [0.1, 0.15) is 6.42 Å². The van der Waals surface area contributed by atoms with Crippen LogP contribution >= 0.6 is 11.8 Å². The minimum atomic E-state index is -3.23. The highest BCUT2D eigenvalue weighted by Crippen LogP contribution is 2.13. The molecule has 0 unspecified atom stereocenters. The zero-order valence-electron chi connectivity index (χ0n) is 8.44. The van der Waals surface area contributed by atoms with Crippen molar-refractivity contribution in [1.29, 1.82) is 0 Å². The van der Waals surface area contributed by atoms with Crippen molar-refractivity contribution < 1.29 is 12.8 Å². The predicted octanol–water partition coefficient (Wildman–Crippen LogP) is 2.35. The van der Waals surface area contributed by atoms with Gasteiger partial charge in [0.2, 0.25) is 0 Å². The van der Waals surface area contributed by atoms with E-state index in [9.17, 15) is 12.8 Å². The summed E-state index contributed by atoms with van der Waals surface area (Å²) in [5.41, 5.74) is 0. The van der Waals surface area contributed by atoms with Crippen LogP contribution in [-0.4, -0.2) is 26.2 Å². The van der Waals surface area contributed by atoms with Crippen molar-refractivity contribution in [2.45, 2.75) is 11.3 Å². The van der Waals surface area contributed by atoms with Crippen LogP contribution in [0.5, 0.6) is 0 Å². The van der Waals surface area contributed by atoms with Gasteiger partial charge in [-0.3, -0.25) is 0 Å². The number of hydrogen-bond donors (Lipinski definition) is 0. The third-order valence-corrected chi connectivity index (χ3v) is 4.45. The minimum Gasteiger partial charge on any atom is -0.224 e. The second-order valence-corrected chi connectivity index (χ2v) is 6.21. The van der Waals surface area contributed by atoms with Crippen molar-refractivity contribution in [2.24, 2.45) is 0 Å². The van der Waals surface area contributed by atoms with E-state index in [0.717, 1.165) is 5.75 Å². The predicted molar refractivity (Wildman–Crippen MR) is 61.5 cm³/mol. The lowest BCUT2D eigenvalue weighted by molar-refractivity contribution is 0.593. The zero-order valence-corrected chi connectivity index (χ0v) is 10.1. The number of benzene rings is 1. The van der Waals surface area contributed by atoms with Gasteiger partial charge in [0.15, 0.2) is 9.84 Å². The lowest BCUT2D eigenvalue weighted by atomic mass is 10.4. The van der Waals surface area contributed by atoms with E-state index in [-0.39, 0.29) is 10.6 Å². The van der Waals surface area contributed by atoms with Gasteiger partial charge in [0, 0.05) is 0 Å². The van der Waals surface area contributed by atoms with Gasteiger partial charge >= 0.3 is 0 Å².